The van der Waals surface area contributed by atoms with Crippen molar-refractivity contribution in [3.8, 4) is 0 Å². The Morgan fingerprint density at radius 1 is 1.32 bits per heavy atom. The number of hydrogen-bond acceptors (Lipinski definition) is 2. The number of nitrogens with zero attached hydrogens (tertiary/aromatic N) is 2. The molecule has 1 saturated carbocycles. The number of aryl methyl sites for hydroxylation is 1. The molecule has 1 amide bonds. The summed E-state index contributed by atoms with van der Waals surface area (Å²) in [4.78, 5) is 14.4. The molecule has 104 valence electrons. The number of carbonyl (C=O) groups excluding carboxylic acids is 1. The molecular weight excluding hydrogens is 240 g/mol. The van der Waals surface area contributed by atoms with E-state index in [0.29, 0.717) is 12.6 Å². The SMILES string of the molecule is Cc1cc(C(=O)N2CCCC(O)C2)c(C)n1C1CC1. The van der Waals surface area contributed by atoms with Crippen LogP contribution in [0.3, 0.4) is 0 Å². The summed E-state index contributed by atoms with van der Waals surface area (Å²) in [6, 6.07) is 2.62. The summed E-state index contributed by atoms with van der Waals surface area (Å²) in [7, 11) is 0. The van der Waals surface area contributed by atoms with E-state index < -0.39 is 0 Å². The van der Waals surface area contributed by atoms with Crippen LogP contribution in [0.25, 0.3) is 0 Å². The fourth-order valence-electron chi connectivity index (χ4n) is 3.20. The molecule has 1 aliphatic heterocycles. The smallest absolute Gasteiger partial charge is 0.255 e. The number of β-amino-alcohol motifs (C(OH)–C–C–N with tert-alkyl or cyclic N) is 1. The summed E-state index contributed by atoms with van der Waals surface area (Å²) in [5, 5.41) is 9.70. The van der Waals surface area contributed by atoms with Crippen molar-refractivity contribution in [2.75, 3.05) is 13.1 Å². The van der Waals surface area contributed by atoms with Gasteiger partial charge in [0.05, 0.1) is 11.7 Å². The average Bonchev–Trinajstić information content (AvgIpc) is 3.15. The number of rotatable bonds is 2. The molecule has 3 rings (SSSR count). The average molecular weight is 262 g/mol. The van der Waals surface area contributed by atoms with Gasteiger partial charge in [-0.05, 0) is 45.6 Å². The second kappa shape index (κ2) is 4.67. The van der Waals surface area contributed by atoms with Crippen molar-refractivity contribution >= 4 is 5.91 Å². The van der Waals surface area contributed by atoms with E-state index in [1.54, 1.807) is 4.90 Å². The Bertz CT molecular complexity index is 502. The van der Waals surface area contributed by atoms with Crippen LogP contribution < -0.4 is 0 Å². The molecule has 1 saturated heterocycles. The number of amides is 1. The maximum absolute atomic E-state index is 12.6. The van der Waals surface area contributed by atoms with E-state index in [1.807, 2.05) is 13.0 Å². The quantitative estimate of drug-likeness (QED) is 0.886. The third kappa shape index (κ3) is 2.29. The first kappa shape index (κ1) is 12.7. The lowest BCUT2D eigenvalue weighted by Crippen LogP contribution is -2.42. The van der Waals surface area contributed by atoms with Crippen LogP contribution in [0.5, 0.6) is 0 Å². The minimum absolute atomic E-state index is 0.0822. The highest BCUT2D eigenvalue weighted by molar-refractivity contribution is 5.95. The Labute approximate surface area is 114 Å². The fraction of sp³-hybridized carbons (Fsp3) is 0.667. The van der Waals surface area contributed by atoms with E-state index in [4.69, 9.17) is 0 Å². The fourth-order valence-corrected chi connectivity index (χ4v) is 3.20. The topological polar surface area (TPSA) is 45.5 Å². The maximum atomic E-state index is 12.6. The molecule has 0 radical (unpaired) electrons. The van der Waals surface area contributed by atoms with E-state index in [9.17, 15) is 9.90 Å². The van der Waals surface area contributed by atoms with Crippen molar-refractivity contribution in [2.24, 2.45) is 0 Å². The number of carbonyl (C=O) groups is 1. The lowest BCUT2D eigenvalue weighted by atomic mass is 10.1. The predicted molar refractivity (Wildman–Crippen MR) is 73.3 cm³/mol. The van der Waals surface area contributed by atoms with E-state index >= 15 is 0 Å². The van der Waals surface area contributed by atoms with Crippen molar-refractivity contribution < 1.29 is 9.90 Å². The molecule has 1 unspecified atom stereocenters. The zero-order valence-electron chi connectivity index (χ0n) is 11.7. The normalized spacial score (nSPS) is 23.7. The summed E-state index contributed by atoms with van der Waals surface area (Å²) in [5.41, 5.74) is 3.09. The van der Waals surface area contributed by atoms with Gasteiger partial charge in [0.1, 0.15) is 0 Å². The maximum Gasteiger partial charge on any atom is 0.255 e. The number of aliphatic hydroxyl groups excluding tert-OH is 1. The standard InChI is InChI=1S/C15H22N2O2/c1-10-8-14(11(2)17(10)12-5-6-12)15(19)16-7-3-4-13(18)9-16/h8,12-13,18H,3-7,9H2,1-2H3. The second-order valence-electron chi connectivity index (χ2n) is 5.93. The Morgan fingerprint density at radius 3 is 2.68 bits per heavy atom. The van der Waals surface area contributed by atoms with Gasteiger partial charge in [-0.25, -0.2) is 0 Å². The van der Waals surface area contributed by atoms with Crippen molar-refractivity contribution in [3.05, 3.63) is 23.0 Å². The molecule has 4 heteroatoms. The van der Waals surface area contributed by atoms with E-state index in [2.05, 4.69) is 11.5 Å². The van der Waals surface area contributed by atoms with Gasteiger partial charge in [0.2, 0.25) is 0 Å². The summed E-state index contributed by atoms with van der Waals surface area (Å²) >= 11 is 0. The van der Waals surface area contributed by atoms with Crippen LogP contribution in [-0.2, 0) is 0 Å². The van der Waals surface area contributed by atoms with E-state index in [0.717, 1.165) is 30.6 Å². The van der Waals surface area contributed by atoms with Crippen molar-refractivity contribution in [1.82, 2.24) is 9.47 Å². The Morgan fingerprint density at radius 2 is 2.05 bits per heavy atom. The predicted octanol–water partition coefficient (Wildman–Crippen LogP) is 2.04. The van der Waals surface area contributed by atoms with Crippen molar-refractivity contribution in [3.63, 3.8) is 0 Å². The van der Waals surface area contributed by atoms with Crippen LogP contribution in [0.1, 0.15) is 53.5 Å². The lowest BCUT2D eigenvalue weighted by molar-refractivity contribution is 0.0473. The molecular formula is C15H22N2O2. The van der Waals surface area contributed by atoms with Gasteiger partial charge in [-0.2, -0.15) is 0 Å². The zero-order valence-corrected chi connectivity index (χ0v) is 11.7. The Kier molecular flexibility index (Phi) is 3.13. The van der Waals surface area contributed by atoms with Gasteiger partial charge >= 0.3 is 0 Å². The highest BCUT2D eigenvalue weighted by Gasteiger charge is 2.30. The van der Waals surface area contributed by atoms with Crippen LogP contribution in [0, 0.1) is 13.8 Å². The molecule has 2 heterocycles. The van der Waals surface area contributed by atoms with Gasteiger partial charge in [0, 0.05) is 30.5 Å². The first-order valence-electron chi connectivity index (χ1n) is 7.23. The second-order valence-corrected chi connectivity index (χ2v) is 5.93. The van der Waals surface area contributed by atoms with Crippen LogP contribution in [-0.4, -0.2) is 39.7 Å². The van der Waals surface area contributed by atoms with Gasteiger partial charge in [-0.3, -0.25) is 4.79 Å². The Balaban J connectivity index is 1.85. The summed E-state index contributed by atoms with van der Waals surface area (Å²) in [6.07, 6.45) is 3.81. The lowest BCUT2D eigenvalue weighted by Gasteiger charge is -2.30. The molecule has 1 N–H and O–H groups in total. The molecule has 1 aromatic rings. The van der Waals surface area contributed by atoms with Crippen LogP contribution in [0.2, 0.25) is 0 Å². The minimum atomic E-state index is -0.357. The number of aliphatic hydroxyl groups is 1. The molecule has 0 spiro atoms. The molecule has 1 atom stereocenters. The Hall–Kier alpha value is -1.29. The largest absolute Gasteiger partial charge is 0.391 e. The third-order valence-electron chi connectivity index (χ3n) is 4.31. The zero-order chi connectivity index (χ0) is 13.6. The highest BCUT2D eigenvalue weighted by Crippen LogP contribution is 2.38. The van der Waals surface area contributed by atoms with E-state index in [-0.39, 0.29) is 12.0 Å². The van der Waals surface area contributed by atoms with Gasteiger partial charge in [-0.15, -0.1) is 0 Å². The molecule has 19 heavy (non-hydrogen) atoms. The minimum Gasteiger partial charge on any atom is -0.391 e. The van der Waals surface area contributed by atoms with Crippen LogP contribution >= 0.6 is 0 Å². The molecule has 0 aromatic carbocycles. The van der Waals surface area contributed by atoms with Crippen molar-refractivity contribution in [2.45, 2.75) is 51.7 Å². The van der Waals surface area contributed by atoms with Crippen LogP contribution in [0.15, 0.2) is 6.07 Å². The highest BCUT2D eigenvalue weighted by atomic mass is 16.3. The van der Waals surface area contributed by atoms with Crippen LogP contribution in [0.4, 0.5) is 0 Å². The van der Waals surface area contributed by atoms with Gasteiger partial charge in [0.15, 0.2) is 0 Å². The van der Waals surface area contributed by atoms with Gasteiger partial charge in [0.25, 0.3) is 5.91 Å². The van der Waals surface area contributed by atoms with Gasteiger partial charge < -0.3 is 14.6 Å². The molecule has 2 fully saturated rings. The van der Waals surface area contributed by atoms with Crippen molar-refractivity contribution in [1.29, 1.82) is 0 Å². The van der Waals surface area contributed by atoms with E-state index in [1.165, 1.54) is 18.5 Å². The summed E-state index contributed by atoms with van der Waals surface area (Å²) in [6.45, 7) is 5.36. The number of aromatic nitrogens is 1. The number of piperidine rings is 1. The first-order chi connectivity index (χ1) is 9.08. The summed E-state index contributed by atoms with van der Waals surface area (Å²) in [5.74, 6) is 0.0822. The van der Waals surface area contributed by atoms with Gasteiger partial charge in [-0.1, -0.05) is 0 Å². The number of hydrogen-bond donors (Lipinski definition) is 1. The summed E-state index contributed by atoms with van der Waals surface area (Å²) < 4.78 is 2.30. The molecule has 4 nitrogen and oxygen atoms in total. The first-order valence-corrected chi connectivity index (χ1v) is 7.23. The third-order valence-corrected chi connectivity index (χ3v) is 4.31. The molecule has 2 aliphatic rings. The molecule has 0 bridgehead atoms. The molecule has 1 aliphatic carbocycles. The monoisotopic (exact) mass is 262 g/mol. The molecule has 1 aromatic heterocycles. The number of likely N-dealkylation sites (tertiary alicyclic amines) is 1.